The number of aromatic nitrogens is 2. The predicted octanol–water partition coefficient (Wildman–Crippen LogP) is 3.48. The quantitative estimate of drug-likeness (QED) is 0.752. The van der Waals surface area contributed by atoms with Crippen LogP contribution in [0.25, 0.3) is 0 Å². The molecule has 0 bridgehead atoms. The molecule has 0 radical (unpaired) electrons. The minimum absolute atomic E-state index is 0.268. The molecule has 0 aliphatic rings. The molecule has 1 heterocycles. The van der Waals surface area contributed by atoms with Gasteiger partial charge in [-0.2, -0.15) is 4.98 Å². The van der Waals surface area contributed by atoms with Gasteiger partial charge in [0.1, 0.15) is 5.82 Å². The van der Waals surface area contributed by atoms with Gasteiger partial charge < -0.3 is 11.1 Å². The lowest BCUT2D eigenvalue weighted by Crippen LogP contribution is -2.02. The summed E-state index contributed by atoms with van der Waals surface area (Å²) in [5, 5.41) is 3.22. The van der Waals surface area contributed by atoms with Gasteiger partial charge >= 0.3 is 0 Å². The van der Waals surface area contributed by atoms with Crippen LogP contribution in [-0.4, -0.2) is 9.97 Å². The summed E-state index contributed by atoms with van der Waals surface area (Å²) in [6.07, 6.45) is 1.70. The summed E-state index contributed by atoms with van der Waals surface area (Å²) in [7, 11) is 0. The number of anilines is 3. The van der Waals surface area contributed by atoms with Crippen molar-refractivity contribution in [2.24, 2.45) is 0 Å². The van der Waals surface area contributed by atoms with Crippen LogP contribution in [0, 0.1) is 10.5 Å². The Labute approximate surface area is 121 Å². The molecule has 0 amide bonds. The molecular weight excluding hydrogens is 395 g/mol. The van der Waals surface area contributed by atoms with Gasteiger partial charge in [-0.05, 0) is 63.6 Å². The number of halogens is 2. The maximum atomic E-state index is 5.56. The van der Waals surface area contributed by atoms with Crippen molar-refractivity contribution in [2.45, 2.75) is 6.92 Å². The van der Waals surface area contributed by atoms with Crippen LogP contribution in [0.3, 0.4) is 0 Å². The number of hydrogen-bond donors (Lipinski definition) is 2. The lowest BCUT2D eigenvalue weighted by atomic mass is 10.3. The van der Waals surface area contributed by atoms with E-state index in [4.69, 9.17) is 5.73 Å². The highest BCUT2D eigenvalue weighted by atomic mass is 127. The van der Waals surface area contributed by atoms with E-state index >= 15 is 0 Å². The van der Waals surface area contributed by atoms with Gasteiger partial charge in [0.15, 0.2) is 0 Å². The number of nitrogens with two attached hydrogens (primary N) is 1. The van der Waals surface area contributed by atoms with E-state index in [-0.39, 0.29) is 5.95 Å². The minimum Gasteiger partial charge on any atom is -0.368 e. The molecule has 0 aliphatic carbocycles. The van der Waals surface area contributed by atoms with Gasteiger partial charge in [-0.15, -0.1) is 0 Å². The van der Waals surface area contributed by atoms with Crippen molar-refractivity contribution in [1.82, 2.24) is 9.97 Å². The molecule has 0 fully saturated rings. The summed E-state index contributed by atoms with van der Waals surface area (Å²) < 4.78 is 2.20. The third-order valence-corrected chi connectivity index (χ3v) is 4.50. The molecule has 1 aromatic carbocycles. The Bertz CT molecular complexity index is 559. The highest BCUT2D eigenvalue weighted by Crippen LogP contribution is 2.25. The number of aryl methyl sites for hydroxylation is 1. The van der Waals surface area contributed by atoms with Crippen molar-refractivity contribution in [3.63, 3.8) is 0 Å². The van der Waals surface area contributed by atoms with Crippen molar-refractivity contribution in [3.05, 3.63) is 38.0 Å². The molecule has 1 aromatic heterocycles. The van der Waals surface area contributed by atoms with Crippen molar-refractivity contribution in [1.29, 1.82) is 0 Å². The maximum Gasteiger partial charge on any atom is 0.221 e. The summed E-state index contributed by atoms with van der Waals surface area (Å²) in [5.41, 5.74) is 7.49. The molecule has 0 saturated carbocycles. The monoisotopic (exact) mass is 404 g/mol. The van der Waals surface area contributed by atoms with Gasteiger partial charge in [-0.1, -0.05) is 0 Å². The van der Waals surface area contributed by atoms with Crippen molar-refractivity contribution >= 4 is 56.0 Å². The van der Waals surface area contributed by atoms with Crippen molar-refractivity contribution in [2.75, 3.05) is 11.1 Å². The molecule has 4 nitrogen and oxygen atoms in total. The topological polar surface area (TPSA) is 63.8 Å². The van der Waals surface area contributed by atoms with Gasteiger partial charge in [0, 0.05) is 25.5 Å². The SMILES string of the molecule is Cc1cnc(N)nc1Nc1ccc(Br)c(I)c1. The van der Waals surface area contributed by atoms with Crippen LogP contribution in [0.2, 0.25) is 0 Å². The van der Waals surface area contributed by atoms with E-state index in [0.29, 0.717) is 0 Å². The summed E-state index contributed by atoms with van der Waals surface area (Å²) in [6.45, 7) is 1.94. The van der Waals surface area contributed by atoms with Gasteiger partial charge in [0.2, 0.25) is 5.95 Å². The van der Waals surface area contributed by atoms with E-state index < -0.39 is 0 Å². The van der Waals surface area contributed by atoms with Crippen LogP contribution < -0.4 is 11.1 Å². The summed E-state index contributed by atoms with van der Waals surface area (Å²) >= 11 is 5.72. The van der Waals surface area contributed by atoms with Gasteiger partial charge in [-0.25, -0.2) is 4.98 Å². The summed E-state index contributed by atoms with van der Waals surface area (Å²) in [4.78, 5) is 8.09. The van der Waals surface area contributed by atoms with Gasteiger partial charge in [-0.3, -0.25) is 0 Å². The molecule has 0 atom stereocenters. The number of nitrogens with one attached hydrogen (secondary N) is 1. The van der Waals surface area contributed by atoms with Crippen LogP contribution >= 0.6 is 38.5 Å². The van der Waals surface area contributed by atoms with E-state index in [1.54, 1.807) is 6.20 Å². The summed E-state index contributed by atoms with van der Waals surface area (Å²) in [5.74, 6) is 1.00. The molecule has 0 unspecified atom stereocenters. The normalized spacial score (nSPS) is 10.3. The molecule has 0 saturated heterocycles. The second-order valence-electron chi connectivity index (χ2n) is 3.51. The Kier molecular flexibility index (Phi) is 3.82. The first-order valence-electron chi connectivity index (χ1n) is 4.87. The highest BCUT2D eigenvalue weighted by molar-refractivity contribution is 14.1. The molecule has 2 rings (SSSR count). The molecule has 2 aromatic rings. The zero-order valence-corrected chi connectivity index (χ0v) is 12.8. The molecule has 0 aliphatic heterocycles. The molecule has 3 N–H and O–H groups in total. The third kappa shape index (κ3) is 3.06. The fourth-order valence-electron chi connectivity index (χ4n) is 1.29. The average molecular weight is 405 g/mol. The van der Waals surface area contributed by atoms with E-state index in [0.717, 1.165) is 25.1 Å². The summed E-state index contributed by atoms with van der Waals surface area (Å²) in [6, 6.07) is 6.00. The largest absolute Gasteiger partial charge is 0.368 e. The fraction of sp³-hybridized carbons (Fsp3) is 0.0909. The number of nitrogens with zero attached hydrogens (tertiary/aromatic N) is 2. The van der Waals surface area contributed by atoms with Gasteiger partial charge in [0.05, 0.1) is 0 Å². The lowest BCUT2D eigenvalue weighted by molar-refractivity contribution is 1.15. The number of nitrogen functional groups attached to an aromatic ring is 1. The molecule has 0 spiro atoms. The third-order valence-electron chi connectivity index (χ3n) is 2.17. The Morgan fingerprint density at radius 1 is 1.41 bits per heavy atom. The molecule has 6 heteroatoms. The fourth-order valence-corrected chi connectivity index (χ4v) is 2.05. The Balaban J connectivity index is 2.31. The van der Waals surface area contributed by atoms with Gasteiger partial charge in [0.25, 0.3) is 0 Å². The Hall–Kier alpha value is -0.890. The lowest BCUT2D eigenvalue weighted by Gasteiger charge is -2.09. The zero-order chi connectivity index (χ0) is 12.4. The smallest absolute Gasteiger partial charge is 0.221 e. The van der Waals surface area contributed by atoms with E-state index in [1.807, 2.05) is 25.1 Å². The van der Waals surface area contributed by atoms with E-state index in [2.05, 4.69) is 53.8 Å². The van der Waals surface area contributed by atoms with E-state index in [9.17, 15) is 0 Å². The van der Waals surface area contributed by atoms with Crippen LogP contribution in [0.5, 0.6) is 0 Å². The van der Waals surface area contributed by atoms with Crippen LogP contribution in [0.1, 0.15) is 5.56 Å². The predicted molar refractivity (Wildman–Crippen MR) is 81.3 cm³/mol. The molecule has 17 heavy (non-hydrogen) atoms. The van der Waals surface area contributed by atoms with E-state index in [1.165, 1.54) is 0 Å². The first-order chi connectivity index (χ1) is 8.06. The van der Waals surface area contributed by atoms with Crippen LogP contribution in [0.15, 0.2) is 28.9 Å². The minimum atomic E-state index is 0.268. The number of benzene rings is 1. The highest BCUT2D eigenvalue weighted by Gasteiger charge is 2.04. The van der Waals surface area contributed by atoms with Crippen molar-refractivity contribution < 1.29 is 0 Å². The Morgan fingerprint density at radius 2 is 2.18 bits per heavy atom. The number of rotatable bonds is 2. The second-order valence-corrected chi connectivity index (χ2v) is 5.53. The number of hydrogen-bond acceptors (Lipinski definition) is 4. The molecule has 88 valence electrons. The second kappa shape index (κ2) is 5.18. The standard InChI is InChI=1S/C11H10BrIN4/c1-6-5-15-11(14)17-10(6)16-7-2-3-8(12)9(13)4-7/h2-5H,1H3,(H3,14,15,16,17). The maximum absolute atomic E-state index is 5.56. The van der Waals surface area contributed by atoms with Crippen LogP contribution in [0.4, 0.5) is 17.5 Å². The zero-order valence-electron chi connectivity index (χ0n) is 9.04. The first kappa shape index (κ1) is 12.6. The first-order valence-corrected chi connectivity index (χ1v) is 6.74. The average Bonchev–Trinajstić information content (AvgIpc) is 2.29. The van der Waals surface area contributed by atoms with Crippen LogP contribution in [-0.2, 0) is 0 Å². The van der Waals surface area contributed by atoms with Crippen molar-refractivity contribution in [3.8, 4) is 0 Å². The molecular formula is C11H10BrIN4. The Morgan fingerprint density at radius 3 is 2.88 bits per heavy atom.